The zero-order chi connectivity index (χ0) is 12.4. The van der Waals surface area contributed by atoms with Crippen molar-refractivity contribution in [2.75, 3.05) is 18.5 Å². The first-order chi connectivity index (χ1) is 7.63. The summed E-state index contributed by atoms with van der Waals surface area (Å²) in [5.74, 6) is 0. The maximum Gasteiger partial charge on any atom is 0.0641 e. The van der Waals surface area contributed by atoms with E-state index in [4.69, 9.17) is 0 Å². The first-order valence-corrected chi connectivity index (χ1v) is 9.90. The van der Waals surface area contributed by atoms with E-state index >= 15 is 0 Å². The van der Waals surface area contributed by atoms with Gasteiger partial charge in [-0.3, -0.25) is 0 Å². The third-order valence-electron chi connectivity index (χ3n) is 3.97. The highest BCUT2D eigenvalue weighted by atomic mass is 31.2. The molecule has 0 aliphatic heterocycles. The Kier molecular flexibility index (Phi) is 13.5. The Labute approximate surface area is 113 Å². The SMILES string of the molecule is CCCC[P+](CCCC)(CCCC)C(C)C.[BH4-]. The fourth-order valence-electron chi connectivity index (χ4n) is 2.53. The van der Waals surface area contributed by atoms with E-state index in [-0.39, 0.29) is 8.41 Å². The third-order valence-corrected chi connectivity index (χ3v) is 9.78. The molecular formula is C15H38BP. The van der Waals surface area contributed by atoms with Crippen molar-refractivity contribution in [2.45, 2.75) is 78.8 Å². The van der Waals surface area contributed by atoms with E-state index in [1.807, 2.05) is 0 Å². The molecule has 0 amide bonds. The molecule has 0 fully saturated rings. The summed E-state index contributed by atoms with van der Waals surface area (Å²) in [6, 6.07) is 0. The molecule has 0 heterocycles. The highest BCUT2D eigenvalue weighted by molar-refractivity contribution is 7.76. The van der Waals surface area contributed by atoms with E-state index in [1.165, 1.54) is 38.5 Å². The monoisotopic (exact) mass is 260 g/mol. The van der Waals surface area contributed by atoms with Crippen molar-refractivity contribution in [3.63, 3.8) is 0 Å². The van der Waals surface area contributed by atoms with Crippen LogP contribution in [0.2, 0.25) is 0 Å². The average Bonchev–Trinajstić information content (AvgIpc) is 2.28. The second-order valence-corrected chi connectivity index (χ2v) is 10.4. The van der Waals surface area contributed by atoms with E-state index in [2.05, 4.69) is 34.6 Å². The number of hydrogen-bond acceptors (Lipinski definition) is 0. The molecule has 0 aromatic carbocycles. The maximum absolute atomic E-state index is 2.49. The third kappa shape index (κ3) is 7.50. The summed E-state index contributed by atoms with van der Waals surface area (Å²) in [7, 11) is -0.618. The maximum atomic E-state index is 2.49. The first kappa shape index (κ1) is 19.8. The molecule has 0 bridgehead atoms. The lowest BCUT2D eigenvalue weighted by atomic mass is 10.4. The second-order valence-electron chi connectivity index (χ2n) is 5.54. The van der Waals surface area contributed by atoms with Crippen molar-refractivity contribution >= 4 is 15.7 Å². The van der Waals surface area contributed by atoms with Crippen molar-refractivity contribution in [1.82, 2.24) is 0 Å². The molecule has 0 saturated heterocycles. The molecule has 0 spiro atoms. The predicted octanol–water partition coefficient (Wildman–Crippen LogP) is 4.36. The van der Waals surface area contributed by atoms with Crippen LogP contribution in [0.3, 0.4) is 0 Å². The van der Waals surface area contributed by atoms with Gasteiger partial charge in [-0.25, -0.2) is 0 Å². The van der Waals surface area contributed by atoms with Crippen LogP contribution in [-0.4, -0.2) is 32.6 Å². The Bertz CT molecular complexity index is 135. The zero-order valence-electron chi connectivity index (χ0n) is 12.4. The van der Waals surface area contributed by atoms with E-state index in [1.54, 1.807) is 18.5 Å². The van der Waals surface area contributed by atoms with E-state index in [0.717, 1.165) is 5.66 Å². The molecule has 0 aromatic heterocycles. The van der Waals surface area contributed by atoms with Gasteiger partial charge >= 0.3 is 0 Å². The van der Waals surface area contributed by atoms with Crippen LogP contribution in [0, 0.1) is 0 Å². The molecule has 2 heteroatoms. The van der Waals surface area contributed by atoms with Crippen LogP contribution in [0.4, 0.5) is 0 Å². The van der Waals surface area contributed by atoms with Gasteiger partial charge in [0.25, 0.3) is 0 Å². The van der Waals surface area contributed by atoms with Gasteiger partial charge in [0, 0.05) is 7.26 Å². The minimum atomic E-state index is -0.618. The van der Waals surface area contributed by atoms with Gasteiger partial charge in [0.05, 0.1) is 24.1 Å². The van der Waals surface area contributed by atoms with Crippen LogP contribution in [0.1, 0.15) is 73.1 Å². The van der Waals surface area contributed by atoms with Crippen molar-refractivity contribution in [1.29, 1.82) is 0 Å². The summed E-state index contributed by atoms with van der Waals surface area (Å²) in [6.45, 7) is 12.0. The van der Waals surface area contributed by atoms with Crippen molar-refractivity contribution in [2.24, 2.45) is 0 Å². The molecule has 0 atom stereocenters. The molecule has 17 heavy (non-hydrogen) atoms. The molecular weight excluding hydrogens is 222 g/mol. The van der Waals surface area contributed by atoms with Crippen molar-refractivity contribution in [3.8, 4) is 0 Å². The van der Waals surface area contributed by atoms with Crippen molar-refractivity contribution in [3.05, 3.63) is 0 Å². The molecule has 0 aliphatic rings. The Morgan fingerprint density at radius 3 is 1.18 bits per heavy atom. The molecule has 0 unspecified atom stereocenters. The molecule has 0 radical (unpaired) electrons. The second kappa shape index (κ2) is 11.6. The van der Waals surface area contributed by atoms with Crippen LogP contribution >= 0.6 is 7.26 Å². The fourth-order valence-corrected chi connectivity index (χ4v) is 7.59. The summed E-state index contributed by atoms with van der Waals surface area (Å²) >= 11 is 0. The Balaban J connectivity index is 0. The molecule has 0 aromatic rings. The molecule has 0 nitrogen and oxygen atoms in total. The Hall–Kier alpha value is 0.495. The molecule has 0 N–H and O–H groups in total. The van der Waals surface area contributed by atoms with Crippen LogP contribution in [-0.2, 0) is 0 Å². The predicted molar refractivity (Wildman–Crippen MR) is 92.7 cm³/mol. The van der Waals surface area contributed by atoms with Crippen LogP contribution < -0.4 is 0 Å². The molecule has 0 rings (SSSR count). The van der Waals surface area contributed by atoms with Gasteiger partial charge in [0.15, 0.2) is 0 Å². The van der Waals surface area contributed by atoms with Gasteiger partial charge in [-0.2, -0.15) is 0 Å². The summed E-state index contributed by atoms with van der Waals surface area (Å²) in [5.41, 5.74) is 0.970. The standard InChI is InChI=1S/C15H34P.BH4/c1-6-9-12-16(15(4)5,13-10-7-2)14-11-8-3;/h15H,6-14H2,1-5H3;1H4/q+1;-1. The van der Waals surface area contributed by atoms with Gasteiger partial charge < -0.3 is 0 Å². The van der Waals surface area contributed by atoms with Gasteiger partial charge in [0.2, 0.25) is 0 Å². The van der Waals surface area contributed by atoms with Crippen molar-refractivity contribution < 1.29 is 0 Å². The minimum absolute atomic E-state index is 0. The van der Waals surface area contributed by atoms with Gasteiger partial charge in [-0.05, 0) is 33.1 Å². The van der Waals surface area contributed by atoms with Crippen LogP contribution in [0.25, 0.3) is 0 Å². The lowest BCUT2D eigenvalue weighted by molar-refractivity contribution is 0.819. The molecule has 0 aliphatic carbocycles. The molecule has 0 saturated carbocycles. The minimum Gasteiger partial charge on any atom is -0.0652 e. The largest absolute Gasteiger partial charge is 0.0652 e. The van der Waals surface area contributed by atoms with Crippen LogP contribution in [0.15, 0.2) is 0 Å². The number of unbranched alkanes of at least 4 members (excludes halogenated alkanes) is 3. The molecule has 106 valence electrons. The Morgan fingerprint density at radius 1 is 0.706 bits per heavy atom. The highest BCUT2D eigenvalue weighted by Crippen LogP contribution is 2.64. The summed E-state index contributed by atoms with van der Waals surface area (Å²) in [5, 5.41) is 0. The highest BCUT2D eigenvalue weighted by Gasteiger charge is 2.38. The number of hydrogen-bond donors (Lipinski definition) is 0. The average molecular weight is 260 g/mol. The smallest absolute Gasteiger partial charge is 0.0641 e. The first-order valence-electron chi connectivity index (χ1n) is 7.48. The fraction of sp³-hybridized carbons (Fsp3) is 1.00. The van der Waals surface area contributed by atoms with E-state index in [9.17, 15) is 0 Å². The van der Waals surface area contributed by atoms with Crippen LogP contribution in [0.5, 0.6) is 0 Å². The number of rotatable bonds is 10. The quantitative estimate of drug-likeness (QED) is 0.404. The van der Waals surface area contributed by atoms with Gasteiger partial charge in [-0.1, -0.05) is 48.4 Å². The van der Waals surface area contributed by atoms with Gasteiger partial charge in [0.1, 0.15) is 0 Å². The lowest BCUT2D eigenvalue weighted by Gasteiger charge is -2.31. The Morgan fingerprint density at radius 2 is 1.00 bits per heavy atom. The van der Waals surface area contributed by atoms with E-state index < -0.39 is 7.26 Å². The lowest BCUT2D eigenvalue weighted by Crippen LogP contribution is -2.17. The summed E-state index contributed by atoms with van der Waals surface area (Å²) < 4.78 is 0. The summed E-state index contributed by atoms with van der Waals surface area (Å²) in [6.07, 6.45) is 13.3. The normalized spacial score (nSPS) is 11.6. The summed E-state index contributed by atoms with van der Waals surface area (Å²) in [4.78, 5) is 0. The zero-order valence-corrected chi connectivity index (χ0v) is 13.3. The van der Waals surface area contributed by atoms with Gasteiger partial charge in [-0.15, -0.1) is 0 Å². The topological polar surface area (TPSA) is 0 Å². The van der Waals surface area contributed by atoms with E-state index in [0.29, 0.717) is 0 Å².